The summed E-state index contributed by atoms with van der Waals surface area (Å²) in [5.41, 5.74) is 0. The van der Waals surface area contributed by atoms with E-state index in [1.54, 1.807) is 30.3 Å². The van der Waals surface area contributed by atoms with Gasteiger partial charge in [-0.15, -0.1) is 0 Å². The third kappa shape index (κ3) is 3.52. The third-order valence-corrected chi connectivity index (χ3v) is 7.68. The Morgan fingerprint density at radius 2 is 1.29 bits per heavy atom. The summed E-state index contributed by atoms with van der Waals surface area (Å²) in [6.45, 7) is 0. The lowest BCUT2D eigenvalue weighted by molar-refractivity contribution is 0.611. The van der Waals surface area contributed by atoms with Crippen molar-refractivity contribution >= 4 is 29.5 Å². The fourth-order valence-corrected chi connectivity index (χ4v) is 5.82. The highest BCUT2D eigenvalue weighted by Crippen LogP contribution is 2.38. The van der Waals surface area contributed by atoms with Crippen molar-refractivity contribution in [2.45, 2.75) is 9.79 Å². The average Bonchev–Trinajstić information content (AvgIpc) is 2.39. The minimum atomic E-state index is -3.28. The molecule has 5 heteroatoms. The maximum Gasteiger partial charge on any atom is 0.240 e. The molecular formula is C12H10O2S3. The van der Waals surface area contributed by atoms with Crippen LogP contribution in [0.5, 0.6) is 0 Å². The zero-order chi connectivity index (χ0) is 12.1. The Kier molecular flexibility index (Phi) is 4.15. The van der Waals surface area contributed by atoms with Crippen molar-refractivity contribution < 1.29 is 8.42 Å². The zero-order valence-corrected chi connectivity index (χ0v) is 11.3. The highest BCUT2D eigenvalue weighted by atomic mass is 33.5. The van der Waals surface area contributed by atoms with Crippen molar-refractivity contribution in [1.82, 2.24) is 0 Å². The van der Waals surface area contributed by atoms with E-state index in [1.165, 1.54) is 10.8 Å². The molecule has 2 aromatic rings. The van der Waals surface area contributed by atoms with Crippen molar-refractivity contribution in [3.63, 3.8) is 0 Å². The normalized spacial score (nSPS) is 11.3. The molecule has 88 valence electrons. The second-order valence-corrected chi connectivity index (χ2v) is 8.83. The number of rotatable bonds is 4. The molecule has 2 nitrogen and oxygen atoms in total. The molecule has 17 heavy (non-hydrogen) atoms. The minimum absolute atomic E-state index is 0.341. The van der Waals surface area contributed by atoms with Crippen LogP contribution in [0, 0.1) is 0 Å². The first-order chi connectivity index (χ1) is 8.18. The molecule has 0 aromatic heterocycles. The van der Waals surface area contributed by atoms with Gasteiger partial charge in [-0.1, -0.05) is 36.4 Å². The Morgan fingerprint density at radius 1 is 0.765 bits per heavy atom. The summed E-state index contributed by atoms with van der Waals surface area (Å²) in [4.78, 5) is 1.27. The predicted molar refractivity (Wildman–Crippen MR) is 73.5 cm³/mol. The van der Waals surface area contributed by atoms with E-state index in [1.807, 2.05) is 30.3 Å². The van der Waals surface area contributed by atoms with Crippen molar-refractivity contribution in [2.75, 3.05) is 0 Å². The van der Waals surface area contributed by atoms with E-state index in [0.717, 1.165) is 14.7 Å². The maximum absolute atomic E-state index is 11.9. The molecule has 0 N–H and O–H groups in total. The Labute approximate surface area is 108 Å². The second-order valence-electron chi connectivity index (χ2n) is 3.23. The summed E-state index contributed by atoms with van der Waals surface area (Å²) in [7, 11) is -1.15. The van der Waals surface area contributed by atoms with E-state index in [0.29, 0.717) is 4.90 Å². The Bertz CT molecular complexity index is 565. The Balaban J connectivity index is 2.09. The van der Waals surface area contributed by atoms with Gasteiger partial charge in [0.1, 0.15) is 0 Å². The first-order valence-electron chi connectivity index (χ1n) is 4.90. The Morgan fingerprint density at radius 3 is 1.88 bits per heavy atom. The quantitative estimate of drug-likeness (QED) is 0.798. The van der Waals surface area contributed by atoms with Gasteiger partial charge in [-0.2, -0.15) is 0 Å². The third-order valence-electron chi connectivity index (χ3n) is 1.99. The van der Waals surface area contributed by atoms with Gasteiger partial charge in [0.25, 0.3) is 0 Å². The molecule has 0 unspecified atom stereocenters. The molecule has 0 saturated carbocycles. The highest BCUT2D eigenvalue weighted by Gasteiger charge is 2.15. The molecule has 2 aromatic carbocycles. The van der Waals surface area contributed by atoms with E-state index in [2.05, 4.69) is 0 Å². The molecule has 0 aliphatic carbocycles. The van der Waals surface area contributed by atoms with Gasteiger partial charge in [-0.25, -0.2) is 8.42 Å². The highest BCUT2D eigenvalue weighted by molar-refractivity contribution is 9.06. The molecule has 2 rings (SSSR count). The van der Waals surface area contributed by atoms with Crippen LogP contribution in [0.25, 0.3) is 0 Å². The van der Waals surface area contributed by atoms with Crippen LogP contribution in [0.2, 0.25) is 0 Å². The average molecular weight is 282 g/mol. The molecule has 0 heterocycles. The fourth-order valence-electron chi connectivity index (χ4n) is 1.19. The van der Waals surface area contributed by atoms with Gasteiger partial charge in [0.05, 0.1) is 4.90 Å². The van der Waals surface area contributed by atoms with Crippen molar-refractivity contribution in [3.8, 4) is 0 Å². The minimum Gasteiger partial charge on any atom is -0.211 e. The van der Waals surface area contributed by atoms with E-state index >= 15 is 0 Å². The van der Waals surface area contributed by atoms with Gasteiger partial charge in [0.15, 0.2) is 0 Å². The smallest absolute Gasteiger partial charge is 0.211 e. The lowest BCUT2D eigenvalue weighted by atomic mass is 10.4. The number of hydrogen-bond donors (Lipinski definition) is 0. The molecule has 0 fully saturated rings. The van der Waals surface area contributed by atoms with Gasteiger partial charge in [-0.05, 0) is 35.1 Å². The van der Waals surface area contributed by atoms with Crippen LogP contribution in [0.3, 0.4) is 0 Å². The summed E-state index contributed by atoms with van der Waals surface area (Å²) in [6, 6.07) is 17.9. The van der Waals surface area contributed by atoms with E-state index < -0.39 is 8.87 Å². The lowest BCUT2D eigenvalue weighted by Crippen LogP contribution is -1.92. The number of hydrogen-bond acceptors (Lipinski definition) is 4. The first-order valence-corrected chi connectivity index (χ1v) is 9.05. The summed E-state index contributed by atoms with van der Waals surface area (Å²) < 4.78 is 23.9. The van der Waals surface area contributed by atoms with Crippen LogP contribution < -0.4 is 0 Å². The fraction of sp³-hybridized carbons (Fsp3) is 0. The molecule has 0 amide bonds. The van der Waals surface area contributed by atoms with E-state index in [4.69, 9.17) is 0 Å². The SMILES string of the molecule is O=S(=O)(SSc1ccccc1)c1ccccc1. The lowest BCUT2D eigenvalue weighted by Gasteiger charge is -2.02. The van der Waals surface area contributed by atoms with Crippen molar-refractivity contribution in [3.05, 3.63) is 60.7 Å². The topological polar surface area (TPSA) is 34.1 Å². The molecule has 0 spiro atoms. The van der Waals surface area contributed by atoms with E-state index in [-0.39, 0.29) is 0 Å². The molecule has 0 aliphatic heterocycles. The Hall–Kier alpha value is -0.910. The van der Waals surface area contributed by atoms with Gasteiger partial charge in [0, 0.05) is 14.7 Å². The van der Waals surface area contributed by atoms with Crippen LogP contribution >= 0.6 is 20.6 Å². The van der Waals surface area contributed by atoms with Gasteiger partial charge >= 0.3 is 0 Å². The maximum atomic E-state index is 11.9. The van der Waals surface area contributed by atoms with Crippen LogP contribution in [-0.4, -0.2) is 8.42 Å². The van der Waals surface area contributed by atoms with Gasteiger partial charge in [0.2, 0.25) is 8.87 Å². The van der Waals surface area contributed by atoms with Crippen molar-refractivity contribution in [2.24, 2.45) is 0 Å². The number of benzene rings is 2. The summed E-state index contributed by atoms with van der Waals surface area (Å²) in [6.07, 6.45) is 0. The van der Waals surface area contributed by atoms with Crippen LogP contribution in [-0.2, 0) is 8.87 Å². The van der Waals surface area contributed by atoms with Gasteiger partial charge < -0.3 is 0 Å². The zero-order valence-electron chi connectivity index (χ0n) is 8.81. The molecule has 0 radical (unpaired) electrons. The summed E-state index contributed by atoms with van der Waals surface area (Å²) in [5, 5.41) is 0. The standard InChI is InChI=1S/C12H10O2S3/c13-17(14,12-9-5-2-6-10-12)16-15-11-7-3-1-4-8-11/h1-10H. The van der Waals surface area contributed by atoms with Crippen LogP contribution in [0.1, 0.15) is 0 Å². The van der Waals surface area contributed by atoms with E-state index in [9.17, 15) is 8.42 Å². The summed E-state index contributed by atoms with van der Waals surface area (Å²) >= 11 is 0. The first kappa shape index (κ1) is 12.5. The molecule has 0 atom stereocenters. The summed E-state index contributed by atoms with van der Waals surface area (Å²) in [5.74, 6) is 0. The molecule has 0 bridgehead atoms. The molecular weight excluding hydrogens is 272 g/mol. The molecule has 0 saturated heterocycles. The van der Waals surface area contributed by atoms with Crippen LogP contribution in [0.4, 0.5) is 0 Å². The van der Waals surface area contributed by atoms with Gasteiger partial charge in [-0.3, -0.25) is 0 Å². The van der Waals surface area contributed by atoms with Crippen molar-refractivity contribution in [1.29, 1.82) is 0 Å². The van der Waals surface area contributed by atoms with Crippen LogP contribution in [0.15, 0.2) is 70.5 Å². The molecule has 0 aliphatic rings. The monoisotopic (exact) mass is 282 g/mol. The predicted octanol–water partition coefficient (Wildman–Crippen LogP) is 3.82. The second kappa shape index (κ2) is 5.62. The largest absolute Gasteiger partial charge is 0.240 e.